The number of carbonyl (C=O) groups is 2. The molecule has 3 amide bonds. The number of nitrogen functional groups attached to an aromatic ring is 1. The van der Waals surface area contributed by atoms with Gasteiger partial charge in [-0.25, -0.2) is 4.79 Å². The Labute approximate surface area is 215 Å². The summed E-state index contributed by atoms with van der Waals surface area (Å²) in [5.41, 5.74) is 12.9. The molecule has 9 heteroatoms. The summed E-state index contributed by atoms with van der Waals surface area (Å²) >= 11 is 0. The quantitative estimate of drug-likeness (QED) is 0.463. The molecule has 36 heavy (non-hydrogen) atoms. The number of carbonyl (C=O) groups excluding carboxylic acids is 2. The molecule has 4 rings (SSSR count). The first kappa shape index (κ1) is 28.9. The van der Waals surface area contributed by atoms with Gasteiger partial charge in [0.05, 0.1) is 23.8 Å². The molecule has 1 fully saturated rings. The van der Waals surface area contributed by atoms with Gasteiger partial charge in [0, 0.05) is 12.1 Å². The second-order valence-electron chi connectivity index (χ2n) is 10.0. The lowest BCUT2D eigenvalue weighted by atomic mass is 10.0. The lowest BCUT2D eigenvalue weighted by molar-refractivity contribution is -0.113. The number of likely N-dealkylation sites (N-methyl/N-ethyl adjacent to an activating group) is 1. The molecule has 1 saturated carbocycles. The van der Waals surface area contributed by atoms with E-state index in [1.165, 1.54) is 38.5 Å². The van der Waals surface area contributed by atoms with Gasteiger partial charge in [-0.3, -0.25) is 9.89 Å². The van der Waals surface area contributed by atoms with Gasteiger partial charge < -0.3 is 26.6 Å². The molecule has 1 unspecified atom stereocenters. The number of benzene rings is 1. The highest BCUT2D eigenvalue weighted by atomic mass is 16.2. The van der Waals surface area contributed by atoms with Crippen molar-refractivity contribution < 1.29 is 9.59 Å². The maximum atomic E-state index is 13.0. The predicted octanol–water partition coefficient (Wildman–Crippen LogP) is 4.05. The smallest absolute Gasteiger partial charge is 0.319 e. The average molecular weight is 498 g/mol. The first-order valence-electron chi connectivity index (χ1n) is 12.6. The Kier molecular flexibility index (Phi) is 11.0. The summed E-state index contributed by atoms with van der Waals surface area (Å²) < 4.78 is 0. The zero-order chi connectivity index (χ0) is 26.7. The topological polar surface area (TPSA) is 133 Å². The number of fused-ring (bicyclic) bond motifs is 1. The first-order valence-corrected chi connectivity index (χ1v) is 12.6. The molecule has 198 valence electrons. The van der Waals surface area contributed by atoms with Crippen molar-refractivity contribution in [2.24, 2.45) is 5.73 Å². The summed E-state index contributed by atoms with van der Waals surface area (Å²) in [6.07, 6.45) is 10.1. The molecule has 0 radical (unpaired) electrons. The number of hydrogen-bond donors (Lipinski definition) is 4. The lowest BCUT2D eigenvalue weighted by Gasteiger charge is -2.34. The largest absolute Gasteiger partial charge is 0.382 e. The van der Waals surface area contributed by atoms with Crippen molar-refractivity contribution in [1.29, 1.82) is 0 Å². The van der Waals surface area contributed by atoms with Crippen molar-refractivity contribution >= 4 is 17.8 Å². The van der Waals surface area contributed by atoms with Gasteiger partial charge >= 0.3 is 6.03 Å². The van der Waals surface area contributed by atoms with Gasteiger partial charge in [0.2, 0.25) is 5.91 Å². The normalized spacial score (nSPS) is 16.5. The molecule has 1 aliphatic carbocycles. The van der Waals surface area contributed by atoms with Gasteiger partial charge in [0.1, 0.15) is 0 Å². The number of nitrogens with two attached hydrogens (primary N) is 2. The number of aromatic amines is 1. The Morgan fingerprint density at radius 2 is 1.69 bits per heavy atom. The number of urea groups is 1. The summed E-state index contributed by atoms with van der Waals surface area (Å²) in [6, 6.07) is 9.83. The van der Waals surface area contributed by atoms with E-state index < -0.39 is 11.4 Å². The van der Waals surface area contributed by atoms with Crippen LogP contribution in [0.4, 0.5) is 10.6 Å². The van der Waals surface area contributed by atoms with Crippen LogP contribution in [-0.2, 0) is 16.9 Å². The number of nitrogens with zero attached hydrogens (tertiary/aromatic N) is 3. The molecule has 0 saturated heterocycles. The second-order valence-corrected chi connectivity index (χ2v) is 10.0. The number of anilines is 1. The van der Waals surface area contributed by atoms with Crippen molar-refractivity contribution in [2.45, 2.75) is 70.5 Å². The molecule has 1 atom stereocenters. The van der Waals surface area contributed by atoms with Crippen LogP contribution in [-0.4, -0.2) is 52.6 Å². The Bertz CT molecular complexity index is 970. The first-order chi connectivity index (χ1) is 17.1. The summed E-state index contributed by atoms with van der Waals surface area (Å²) in [4.78, 5) is 26.4. The minimum Gasteiger partial charge on any atom is -0.382 e. The summed E-state index contributed by atoms with van der Waals surface area (Å²) in [6.45, 7) is 8.26. The number of primary amides is 1. The van der Waals surface area contributed by atoms with Crippen LogP contribution in [0.3, 0.4) is 0 Å². The number of hydrogen-bond acceptors (Lipinski definition) is 5. The number of aromatic nitrogens is 2. The van der Waals surface area contributed by atoms with Crippen LogP contribution >= 0.6 is 0 Å². The van der Waals surface area contributed by atoms with E-state index in [1.807, 2.05) is 58.3 Å². The van der Waals surface area contributed by atoms with E-state index in [0.29, 0.717) is 12.4 Å². The van der Waals surface area contributed by atoms with Crippen LogP contribution in [0.15, 0.2) is 43.0 Å². The van der Waals surface area contributed by atoms with Crippen LogP contribution in [0.25, 0.3) is 0 Å². The minimum absolute atomic E-state index is 0.0890. The lowest BCUT2D eigenvalue weighted by Crippen LogP contribution is -2.48. The standard InChI is InChI=1S/C18H26N6O.C6H12.C3H5NO/c1-18(2)15-13(16(19)22-21-15)10-24(18)17(25)20-14(11-23(3)4)12-8-6-5-7-9-12;1-2-4-6-5-3-1;1-2-3(4)5/h5-9,14H,10-11H2,1-4H3,(H,20,25)(H3,19,21,22);1-6H2;2H,1H2,(H2,4,5). The average Bonchev–Trinajstić information content (AvgIpc) is 3.37. The predicted molar refractivity (Wildman–Crippen MR) is 145 cm³/mol. The molecule has 0 bridgehead atoms. The van der Waals surface area contributed by atoms with Gasteiger partial charge in [-0.2, -0.15) is 5.10 Å². The SMILES string of the molecule is C1CCCCC1.C=CC(N)=O.CN(C)CC(NC(=O)N1Cc2c(N)n[nH]c2C1(C)C)c1ccccc1. The van der Waals surface area contributed by atoms with E-state index in [4.69, 9.17) is 5.73 Å². The van der Waals surface area contributed by atoms with Crippen molar-refractivity contribution in [3.63, 3.8) is 0 Å². The third-order valence-electron chi connectivity index (χ3n) is 6.50. The van der Waals surface area contributed by atoms with Crippen molar-refractivity contribution in [3.05, 3.63) is 59.8 Å². The third-order valence-corrected chi connectivity index (χ3v) is 6.50. The van der Waals surface area contributed by atoms with E-state index in [2.05, 4.69) is 32.7 Å². The second kappa shape index (κ2) is 13.7. The molecule has 6 N–H and O–H groups in total. The van der Waals surface area contributed by atoms with E-state index >= 15 is 0 Å². The number of nitrogens with one attached hydrogen (secondary N) is 2. The van der Waals surface area contributed by atoms with Gasteiger partial charge in [-0.1, -0.05) is 75.4 Å². The number of amides is 3. The third kappa shape index (κ3) is 8.12. The van der Waals surface area contributed by atoms with Crippen molar-refractivity contribution in [3.8, 4) is 0 Å². The Morgan fingerprint density at radius 3 is 2.14 bits per heavy atom. The minimum atomic E-state index is -0.483. The van der Waals surface area contributed by atoms with Crippen LogP contribution in [0.1, 0.15) is 75.2 Å². The molecule has 1 aliphatic heterocycles. The number of rotatable bonds is 5. The highest BCUT2D eigenvalue weighted by Crippen LogP contribution is 2.39. The molecular formula is C27H43N7O2. The highest BCUT2D eigenvalue weighted by molar-refractivity contribution is 5.85. The molecule has 1 aromatic carbocycles. The summed E-state index contributed by atoms with van der Waals surface area (Å²) in [7, 11) is 4.00. The zero-order valence-electron chi connectivity index (χ0n) is 22.2. The summed E-state index contributed by atoms with van der Waals surface area (Å²) in [5.74, 6) is -0.0173. The fourth-order valence-corrected chi connectivity index (χ4v) is 4.43. The van der Waals surface area contributed by atoms with Crippen molar-refractivity contribution in [2.75, 3.05) is 26.4 Å². The monoisotopic (exact) mass is 497 g/mol. The number of H-pyrrole nitrogens is 1. The molecule has 2 heterocycles. The van der Waals surface area contributed by atoms with Gasteiger partial charge in [-0.05, 0) is 39.6 Å². The van der Waals surface area contributed by atoms with Gasteiger partial charge in [-0.15, -0.1) is 0 Å². The summed E-state index contributed by atoms with van der Waals surface area (Å²) in [5, 5.41) is 10.2. The van der Waals surface area contributed by atoms with E-state index in [1.54, 1.807) is 4.90 Å². The van der Waals surface area contributed by atoms with Gasteiger partial charge in [0.25, 0.3) is 0 Å². The molecule has 2 aromatic rings. The Balaban J connectivity index is 0.000000343. The Hall–Kier alpha value is -3.33. The van der Waals surface area contributed by atoms with E-state index in [-0.39, 0.29) is 12.1 Å². The van der Waals surface area contributed by atoms with Crippen LogP contribution in [0.5, 0.6) is 0 Å². The van der Waals surface area contributed by atoms with Crippen molar-refractivity contribution in [1.82, 2.24) is 25.3 Å². The van der Waals surface area contributed by atoms with Gasteiger partial charge in [0.15, 0.2) is 5.82 Å². The fraction of sp³-hybridized carbons (Fsp3) is 0.519. The highest BCUT2D eigenvalue weighted by Gasteiger charge is 2.43. The maximum absolute atomic E-state index is 13.0. The Morgan fingerprint density at radius 1 is 1.17 bits per heavy atom. The molecular weight excluding hydrogens is 454 g/mol. The van der Waals surface area contributed by atoms with Crippen LogP contribution < -0.4 is 16.8 Å². The van der Waals surface area contributed by atoms with Crippen LogP contribution in [0.2, 0.25) is 0 Å². The molecule has 0 spiro atoms. The zero-order valence-corrected chi connectivity index (χ0v) is 22.2. The van der Waals surface area contributed by atoms with E-state index in [0.717, 1.165) is 29.4 Å². The van der Waals surface area contributed by atoms with Crippen LogP contribution in [0, 0.1) is 0 Å². The van der Waals surface area contributed by atoms with E-state index in [9.17, 15) is 9.59 Å². The molecule has 1 aromatic heterocycles. The molecule has 9 nitrogen and oxygen atoms in total. The molecule has 2 aliphatic rings. The fourth-order valence-electron chi connectivity index (χ4n) is 4.43. The maximum Gasteiger partial charge on any atom is 0.319 e.